The first-order valence-corrected chi connectivity index (χ1v) is 5.76. The van der Waals surface area contributed by atoms with Crippen LogP contribution in [0.25, 0.3) is 0 Å². The monoisotopic (exact) mass is 218 g/mol. The molecule has 0 amide bonds. The van der Waals surface area contributed by atoms with Gasteiger partial charge in [-0.15, -0.1) is 0 Å². The van der Waals surface area contributed by atoms with Crippen molar-refractivity contribution in [2.45, 2.75) is 18.3 Å². The Balaban J connectivity index is 2.41. The fourth-order valence-electron chi connectivity index (χ4n) is 2.60. The van der Waals surface area contributed by atoms with Gasteiger partial charge >= 0.3 is 0 Å². The molecule has 2 heteroatoms. The van der Waals surface area contributed by atoms with Gasteiger partial charge in [0.15, 0.2) is 0 Å². The number of aliphatic hydroxyl groups is 2. The van der Waals surface area contributed by atoms with Crippen LogP contribution in [-0.4, -0.2) is 23.4 Å². The summed E-state index contributed by atoms with van der Waals surface area (Å²) in [5.41, 5.74) is 0.825. The molecule has 0 fully saturated rings. The number of allylic oxidation sites excluding steroid dienone is 2. The van der Waals surface area contributed by atoms with E-state index < -0.39 is 0 Å². The molecule has 1 aromatic carbocycles. The Bertz CT molecular complexity index is 358. The summed E-state index contributed by atoms with van der Waals surface area (Å²) in [5.74, 6) is 0.116. The van der Waals surface area contributed by atoms with E-state index in [2.05, 4.69) is 12.2 Å². The largest absolute Gasteiger partial charge is 0.396 e. The van der Waals surface area contributed by atoms with Gasteiger partial charge in [-0.25, -0.2) is 0 Å². The zero-order valence-electron chi connectivity index (χ0n) is 9.34. The van der Waals surface area contributed by atoms with E-state index in [0.29, 0.717) is 0 Å². The van der Waals surface area contributed by atoms with Gasteiger partial charge < -0.3 is 10.2 Å². The molecule has 0 bridgehead atoms. The zero-order valence-corrected chi connectivity index (χ0v) is 9.34. The SMILES string of the molecule is OC[C@@H]1CC=CC[C@@]1(CO)c1ccccc1. The summed E-state index contributed by atoms with van der Waals surface area (Å²) in [7, 11) is 0. The predicted octanol–water partition coefficient (Wildman–Crippen LogP) is 1.88. The maximum absolute atomic E-state index is 9.75. The summed E-state index contributed by atoms with van der Waals surface area (Å²) in [6, 6.07) is 10.0. The molecule has 0 spiro atoms. The van der Waals surface area contributed by atoms with Crippen LogP contribution in [0, 0.1) is 5.92 Å². The molecule has 1 aromatic rings. The quantitative estimate of drug-likeness (QED) is 0.760. The molecule has 2 N–H and O–H groups in total. The van der Waals surface area contributed by atoms with Gasteiger partial charge in [0.2, 0.25) is 0 Å². The van der Waals surface area contributed by atoms with Crippen molar-refractivity contribution in [2.75, 3.05) is 13.2 Å². The second kappa shape index (κ2) is 4.81. The van der Waals surface area contributed by atoms with E-state index in [1.165, 1.54) is 0 Å². The van der Waals surface area contributed by atoms with Crippen LogP contribution in [0.15, 0.2) is 42.5 Å². The first kappa shape index (κ1) is 11.4. The Hall–Kier alpha value is -1.12. The predicted molar refractivity (Wildman–Crippen MR) is 64.2 cm³/mol. The molecule has 86 valence electrons. The van der Waals surface area contributed by atoms with Gasteiger partial charge in [0.05, 0.1) is 6.61 Å². The minimum Gasteiger partial charge on any atom is -0.396 e. The second-order valence-corrected chi connectivity index (χ2v) is 4.47. The molecule has 0 aromatic heterocycles. The highest BCUT2D eigenvalue weighted by Crippen LogP contribution is 2.40. The van der Waals surface area contributed by atoms with Crippen molar-refractivity contribution in [3.8, 4) is 0 Å². The maximum atomic E-state index is 9.75. The summed E-state index contributed by atoms with van der Waals surface area (Å²) in [6.45, 7) is 0.215. The molecule has 0 heterocycles. The molecule has 2 rings (SSSR count). The van der Waals surface area contributed by atoms with Crippen molar-refractivity contribution in [2.24, 2.45) is 5.92 Å². The Labute approximate surface area is 96.2 Å². The van der Waals surface area contributed by atoms with Crippen molar-refractivity contribution >= 4 is 0 Å². The van der Waals surface area contributed by atoms with Crippen LogP contribution in [0.4, 0.5) is 0 Å². The first-order chi connectivity index (χ1) is 7.83. The van der Waals surface area contributed by atoms with E-state index in [4.69, 9.17) is 0 Å². The molecule has 0 saturated heterocycles. The maximum Gasteiger partial charge on any atom is 0.0534 e. The van der Waals surface area contributed by atoms with E-state index in [1.54, 1.807) is 0 Å². The fraction of sp³-hybridized carbons (Fsp3) is 0.429. The second-order valence-electron chi connectivity index (χ2n) is 4.47. The van der Waals surface area contributed by atoms with Gasteiger partial charge in [-0.05, 0) is 24.3 Å². The topological polar surface area (TPSA) is 40.5 Å². The van der Waals surface area contributed by atoms with Crippen molar-refractivity contribution in [3.63, 3.8) is 0 Å². The molecule has 0 unspecified atom stereocenters. The minimum atomic E-state index is -0.301. The smallest absolute Gasteiger partial charge is 0.0534 e. The van der Waals surface area contributed by atoms with Crippen LogP contribution in [-0.2, 0) is 5.41 Å². The molecule has 0 aliphatic heterocycles. The van der Waals surface area contributed by atoms with Crippen molar-refractivity contribution in [1.82, 2.24) is 0 Å². The third-order valence-corrected chi connectivity index (χ3v) is 3.70. The average Bonchev–Trinajstić information content (AvgIpc) is 2.39. The lowest BCUT2D eigenvalue weighted by atomic mass is 9.65. The summed E-state index contributed by atoms with van der Waals surface area (Å²) >= 11 is 0. The molecular formula is C14H18O2. The molecule has 1 aliphatic carbocycles. The third-order valence-electron chi connectivity index (χ3n) is 3.70. The molecule has 2 atom stereocenters. The summed E-state index contributed by atoms with van der Waals surface area (Å²) in [4.78, 5) is 0. The number of rotatable bonds is 3. The Morgan fingerprint density at radius 1 is 1.12 bits per heavy atom. The number of benzene rings is 1. The molecular weight excluding hydrogens is 200 g/mol. The Morgan fingerprint density at radius 2 is 1.88 bits per heavy atom. The van der Waals surface area contributed by atoms with E-state index in [9.17, 15) is 10.2 Å². The molecule has 2 nitrogen and oxygen atoms in total. The summed E-state index contributed by atoms with van der Waals surface area (Å²) in [6.07, 6.45) is 5.85. The van der Waals surface area contributed by atoms with E-state index in [1.807, 2.05) is 30.3 Å². The highest BCUT2D eigenvalue weighted by Gasteiger charge is 2.39. The Morgan fingerprint density at radius 3 is 2.50 bits per heavy atom. The molecule has 0 radical (unpaired) electrons. The first-order valence-electron chi connectivity index (χ1n) is 5.76. The van der Waals surface area contributed by atoms with Crippen molar-refractivity contribution in [3.05, 3.63) is 48.0 Å². The molecule has 1 aliphatic rings. The van der Waals surface area contributed by atoms with Gasteiger partial charge in [-0.1, -0.05) is 42.5 Å². The average molecular weight is 218 g/mol. The van der Waals surface area contributed by atoms with E-state index >= 15 is 0 Å². The van der Waals surface area contributed by atoms with Gasteiger partial charge in [0, 0.05) is 12.0 Å². The van der Waals surface area contributed by atoms with Crippen LogP contribution in [0.2, 0.25) is 0 Å². The lowest BCUT2D eigenvalue weighted by Gasteiger charge is -2.40. The van der Waals surface area contributed by atoms with Crippen LogP contribution >= 0.6 is 0 Å². The minimum absolute atomic E-state index is 0.0899. The summed E-state index contributed by atoms with van der Waals surface area (Å²) < 4.78 is 0. The van der Waals surface area contributed by atoms with Crippen LogP contribution in [0.1, 0.15) is 18.4 Å². The number of aliphatic hydroxyl groups excluding tert-OH is 2. The van der Waals surface area contributed by atoms with Gasteiger partial charge in [-0.2, -0.15) is 0 Å². The van der Waals surface area contributed by atoms with Crippen LogP contribution in [0.3, 0.4) is 0 Å². The summed E-state index contributed by atoms with van der Waals surface area (Å²) in [5, 5.41) is 19.2. The number of hydrogen-bond donors (Lipinski definition) is 2. The lowest BCUT2D eigenvalue weighted by Crippen LogP contribution is -2.41. The normalized spacial score (nSPS) is 29.2. The highest BCUT2D eigenvalue weighted by atomic mass is 16.3. The third kappa shape index (κ3) is 1.79. The van der Waals surface area contributed by atoms with Gasteiger partial charge in [0.1, 0.15) is 0 Å². The van der Waals surface area contributed by atoms with E-state index in [0.717, 1.165) is 18.4 Å². The van der Waals surface area contributed by atoms with Crippen LogP contribution in [0.5, 0.6) is 0 Å². The van der Waals surface area contributed by atoms with Gasteiger partial charge in [-0.3, -0.25) is 0 Å². The molecule has 16 heavy (non-hydrogen) atoms. The van der Waals surface area contributed by atoms with Crippen molar-refractivity contribution in [1.29, 1.82) is 0 Å². The van der Waals surface area contributed by atoms with Gasteiger partial charge in [0.25, 0.3) is 0 Å². The molecule has 0 saturated carbocycles. The van der Waals surface area contributed by atoms with Crippen molar-refractivity contribution < 1.29 is 10.2 Å². The standard InChI is InChI=1S/C14H18O2/c15-10-13-8-4-5-9-14(13,11-16)12-6-2-1-3-7-12/h1-7,13,15-16H,8-11H2/t13-,14+/m0/s1. The number of hydrogen-bond acceptors (Lipinski definition) is 2. The highest BCUT2D eigenvalue weighted by molar-refractivity contribution is 5.29. The lowest BCUT2D eigenvalue weighted by molar-refractivity contribution is 0.0856. The zero-order chi connectivity index (χ0) is 11.4. The van der Waals surface area contributed by atoms with Crippen LogP contribution < -0.4 is 0 Å². The fourth-order valence-corrected chi connectivity index (χ4v) is 2.60. The van der Waals surface area contributed by atoms with E-state index in [-0.39, 0.29) is 24.5 Å². The Kier molecular flexibility index (Phi) is 3.42.